The van der Waals surface area contributed by atoms with Gasteiger partial charge in [-0.2, -0.15) is 0 Å². The molecule has 1 fully saturated rings. The number of amides is 1. The van der Waals surface area contributed by atoms with E-state index in [0.717, 1.165) is 18.7 Å². The Balaban J connectivity index is 1.26. The third-order valence-corrected chi connectivity index (χ3v) is 5.64. The highest BCUT2D eigenvalue weighted by atomic mass is 19.1. The van der Waals surface area contributed by atoms with Crippen molar-refractivity contribution in [1.82, 2.24) is 9.80 Å². The van der Waals surface area contributed by atoms with Gasteiger partial charge in [-0.05, 0) is 42.8 Å². The molecule has 0 radical (unpaired) electrons. The Morgan fingerprint density at radius 1 is 1.13 bits per heavy atom. The highest BCUT2D eigenvalue weighted by Gasteiger charge is 2.27. The van der Waals surface area contributed by atoms with Crippen LogP contribution in [0, 0.1) is 5.82 Å². The number of nitrogens with zero attached hydrogens (tertiary/aromatic N) is 2. The summed E-state index contributed by atoms with van der Waals surface area (Å²) in [5, 5.41) is 13.4. The van der Waals surface area contributed by atoms with Crippen molar-refractivity contribution in [3.8, 4) is 11.5 Å². The number of carbonyl (C=O) groups excluding carboxylic acids is 1. The Morgan fingerprint density at radius 2 is 1.90 bits per heavy atom. The van der Waals surface area contributed by atoms with Crippen LogP contribution in [-0.4, -0.2) is 66.4 Å². The fourth-order valence-electron chi connectivity index (χ4n) is 3.78. The van der Waals surface area contributed by atoms with Gasteiger partial charge in [0.2, 0.25) is 12.7 Å². The fraction of sp³-hybridized carbons (Fsp3) is 0.409. The molecule has 0 spiro atoms. The van der Waals surface area contributed by atoms with E-state index in [4.69, 9.17) is 9.47 Å². The van der Waals surface area contributed by atoms with Gasteiger partial charge in [0, 0.05) is 38.4 Å². The molecule has 2 aromatic carbocycles. The molecule has 2 aromatic rings. The molecule has 4 rings (SSSR count). The number of aliphatic hydroxyl groups is 1. The van der Waals surface area contributed by atoms with Gasteiger partial charge in [0.05, 0.1) is 12.1 Å². The summed E-state index contributed by atoms with van der Waals surface area (Å²) < 4.78 is 24.0. The minimum absolute atomic E-state index is 0.158. The predicted octanol–water partition coefficient (Wildman–Crippen LogP) is 2.23. The van der Waals surface area contributed by atoms with Crippen LogP contribution in [0.1, 0.15) is 18.6 Å². The number of hydrogen-bond donors (Lipinski definition) is 2. The topological polar surface area (TPSA) is 74.3 Å². The Bertz CT molecular complexity index is 902. The number of β-amino-alcohol motifs (C(OH)–C–C–N with tert-alkyl or cyclic N) is 1. The van der Waals surface area contributed by atoms with Crippen LogP contribution in [0.25, 0.3) is 0 Å². The molecule has 7 nitrogen and oxygen atoms in total. The van der Waals surface area contributed by atoms with Crippen molar-refractivity contribution in [2.75, 3.05) is 44.8 Å². The fourth-order valence-corrected chi connectivity index (χ4v) is 3.78. The highest BCUT2D eigenvalue weighted by Crippen LogP contribution is 2.34. The number of carbonyl (C=O) groups is 1. The van der Waals surface area contributed by atoms with E-state index in [9.17, 15) is 14.3 Å². The van der Waals surface area contributed by atoms with Gasteiger partial charge in [0.1, 0.15) is 5.82 Å². The first-order chi connectivity index (χ1) is 14.5. The first kappa shape index (κ1) is 20.6. The Kier molecular flexibility index (Phi) is 6.17. The van der Waals surface area contributed by atoms with E-state index in [2.05, 4.69) is 15.1 Å². The van der Waals surface area contributed by atoms with E-state index in [-0.39, 0.29) is 24.6 Å². The summed E-state index contributed by atoms with van der Waals surface area (Å²) >= 11 is 0. The van der Waals surface area contributed by atoms with Crippen LogP contribution in [0.2, 0.25) is 0 Å². The van der Waals surface area contributed by atoms with Gasteiger partial charge in [-0.1, -0.05) is 12.1 Å². The smallest absolute Gasteiger partial charge is 0.241 e. The molecule has 1 amide bonds. The van der Waals surface area contributed by atoms with Crippen molar-refractivity contribution in [1.29, 1.82) is 0 Å². The third-order valence-electron chi connectivity index (χ3n) is 5.64. The summed E-state index contributed by atoms with van der Waals surface area (Å²) in [5.74, 6) is 0.823. The summed E-state index contributed by atoms with van der Waals surface area (Å²) in [6.07, 6.45) is -0.625. The lowest BCUT2D eigenvalue weighted by atomic mass is 10.1. The van der Waals surface area contributed by atoms with Crippen LogP contribution < -0.4 is 14.8 Å². The molecule has 2 aliphatic heterocycles. The molecule has 160 valence electrons. The van der Waals surface area contributed by atoms with Gasteiger partial charge in [0.25, 0.3) is 0 Å². The number of nitrogens with one attached hydrogen (secondary N) is 1. The van der Waals surface area contributed by atoms with Crippen LogP contribution in [0.5, 0.6) is 11.5 Å². The normalized spacial score (nSPS) is 18.8. The molecule has 0 saturated carbocycles. The molecule has 1 saturated heterocycles. The number of ether oxygens (including phenoxy) is 2. The van der Waals surface area contributed by atoms with Crippen molar-refractivity contribution in [2.24, 2.45) is 0 Å². The maximum absolute atomic E-state index is 13.3. The molecule has 0 aliphatic carbocycles. The number of rotatable bonds is 6. The van der Waals surface area contributed by atoms with Gasteiger partial charge in [0.15, 0.2) is 11.5 Å². The summed E-state index contributed by atoms with van der Waals surface area (Å²) in [6.45, 7) is 5.50. The zero-order valence-electron chi connectivity index (χ0n) is 16.9. The van der Waals surface area contributed by atoms with Crippen LogP contribution in [0.15, 0.2) is 42.5 Å². The molecule has 30 heavy (non-hydrogen) atoms. The number of aliphatic hydroxyl groups excluding tert-OH is 1. The van der Waals surface area contributed by atoms with Crippen molar-refractivity contribution < 1.29 is 23.8 Å². The zero-order chi connectivity index (χ0) is 21.1. The number of fused-ring (bicyclic) bond motifs is 1. The number of piperazine rings is 1. The molecule has 2 N–H and O–H groups in total. The van der Waals surface area contributed by atoms with Crippen LogP contribution in [0.4, 0.5) is 10.1 Å². The second-order valence-corrected chi connectivity index (χ2v) is 7.64. The zero-order valence-corrected chi connectivity index (χ0v) is 16.9. The average molecular weight is 415 g/mol. The van der Waals surface area contributed by atoms with Crippen molar-refractivity contribution in [3.63, 3.8) is 0 Å². The number of benzene rings is 2. The quantitative estimate of drug-likeness (QED) is 0.754. The summed E-state index contributed by atoms with van der Waals surface area (Å²) in [5.41, 5.74) is 1.25. The lowest BCUT2D eigenvalue weighted by molar-refractivity contribution is -0.121. The van der Waals surface area contributed by atoms with Crippen molar-refractivity contribution in [3.05, 3.63) is 53.8 Å². The molecular formula is C22H26FN3O4. The number of halogens is 1. The molecule has 2 atom stereocenters. The van der Waals surface area contributed by atoms with Gasteiger partial charge in [-0.25, -0.2) is 4.39 Å². The first-order valence-corrected chi connectivity index (χ1v) is 10.1. The number of anilines is 1. The molecule has 2 heterocycles. The van der Waals surface area contributed by atoms with Gasteiger partial charge < -0.3 is 19.9 Å². The van der Waals surface area contributed by atoms with E-state index < -0.39 is 6.10 Å². The maximum Gasteiger partial charge on any atom is 0.241 e. The molecule has 0 aromatic heterocycles. The predicted molar refractivity (Wildman–Crippen MR) is 110 cm³/mol. The molecular weight excluding hydrogens is 389 g/mol. The third kappa shape index (κ3) is 4.72. The molecule has 2 unspecified atom stereocenters. The van der Waals surface area contributed by atoms with E-state index >= 15 is 0 Å². The van der Waals surface area contributed by atoms with Crippen molar-refractivity contribution in [2.45, 2.75) is 19.1 Å². The average Bonchev–Trinajstić information content (AvgIpc) is 3.21. The van der Waals surface area contributed by atoms with Crippen LogP contribution >= 0.6 is 0 Å². The summed E-state index contributed by atoms with van der Waals surface area (Å²) in [6, 6.07) is 11.1. The van der Waals surface area contributed by atoms with Crippen LogP contribution in [0.3, 0.4) is 0 Å². The van der Waals surface area contributed by atoms with Gasteiger partial charge in [-0.3, -0.25) is 14.6 Å². The van der Waals surface area contributed by atoms with E-state index in [1.165, 1.54) is 12.1 Å². The second-order valence-electron chi connectivity index (χ2n) is 7.64. The Labute approximate surface area is 175 Å². The van der Waals surface area contributed by atoms with Crippen LogP contribution in [-0.2, 0) is 4.79 Å². The molecule has 0 bridgehead atoms. The minimum atomic E-state index is -0.625. The monoisotopic (exact) mass is 415 g/mol. The Morgan fingerprint density at radius 3 is 2.67 bits per heavy atom. The minimum Gasteiger partial charge on any atom is -0.454 e. The summed E-state index contributed by atoms with van der Waals surface area (Å²) in [7, 11) is 0. The Hall–Kier alpha value is -2.68. The van der Waals surface area contributed by atoms with Crippen molar-refractivity contribution >= 4 is 11.6 Å². The van der Waals surface area contributed by atoms with Gasteiger partial charge in [-0.15, -0.1) is 0 Å². The van der Waals surface area contributed by atoms with E-state index in [0.29, 0.717) is 36.8 Å². The van der Waals surface area contributed by atoms with E-state index in [1.807, 2.05) is 25.1 Å². The lowest BCUT2D eigenvalue weighted by Gasteiger charge is -2.38. The molecule has 8 heteroatoms. The van der Waals surface area contributed by atoms with Gasteiger partial charge >= 0.3 is 0 Å². The first-order valence-electron chi connectivity index (χ1n) is 10.1. The maximum atomic E-state index is 13.3. The lowest BCUT2D eigenvalue weighted by Crippen LogP contribution is -2.53. The number of hydrogen-bond acceptors (Lipinski definition) is 6. The highest BCUT2D eigenvalue weighted by molar-refractivity contribution is 5.94. The molecule has 2 aliphatic rings. The second kappa shape index (κ2) is 8.99. The standard InChI is InChI=1S/C22H26FN3O4/c1-15(22(28)24-18-4-2-3-17(23)12-18)26-9-7-25(8-10-26)13-19(27)16-5-6-20-21(11-16)30-14-29-20/h2-6,11-12,15,19,27H,7-10,13-14H2,1H3,(H,24,28). The SMILES string of the molecule is CC(C(=O)Nc1cccc(F)c1)N1CCN(CC(O)c2ccc3c(c2)OCO3)CC1. The van der Waals surface area contributed by atoms with E-state index in [1.54, 1.807) is 12.1 Å². The summed E-state index contributed by atoms with van der Waals surface area (Å²) in [4.78, 5) is 16.8. The largest absolute Gasteiger partial charge is 0.454 e.